The van der Waals surface area contributed by atoms with Crippen LogP contribution >= 0.6 is 0 Å². The average molecular weight is 240 g/mol. The highest BCUT2D eigenvalue weighted by molar-refractivity contribution is 4.75. The first-order valence-corrected chi connectivity index (χ1v) is 7.41. The van der Waals surface area contributed by atoms with Crippen LogP contribution in [0.3, 0.4) is 0 Å². The Labute approximate surface area is 108 Å². The van der Waals surface area contributed by atoms with Crippen molar-refractivity contribution in [2.45, 2.75) is 53.0 Å². The minimum Gasteiger partial charge on any atom is -0.306 e. The molecular weight excluding hydrogens is 208 g/mol. The Hall–Kier alpha value is -0.0800. The van der Waals surface area contributed by atoms with E-state index >= 15 is 0 Å². The molecule has 0 aromatic rings. The molecule has 1 fully saturated rings. The summed E-state index contributed by atoms with van der Waals surface area (Å²) in [5.74, 6) is 1.76. The first-order chi connectivity index (χ1) is 7.99. The van der Waals surface area contributed by atoms with Gasteiger partial charge in [-0.1, -0.05) is 13.8 Å². The normalized spacial score (nSPS) is 19.8. The van der Waals surface area contributed by atoms with Crippen LogP contribution < -0.4 is 0 Å². The molecule has 0 bridgehead atoms. The SMILES string of the molecule is CC(C)CCN(CC1CCN(C)CC1)C(C)C. The second-order valence-corrected chi connectivity index (χ2v) is 6.52. The molecule has 0 aliphatic carbocycles. The van der Waals surface area contributed by atoms with Gasteiger partial charge < -0.3 is 9.80 Å². The second kappa shape index (κ2) is 7.38. The number of hydrogen-bond donors (Lipinski definition) is 0. The van der Waals surface area contributed by atoms with E-state index in [9.17, 15) is 0 Å². The first-order valence-electron chi connectivity index (χ1n) is 7.41. The maximum absolute atomic E-state index is 2.69. The van der Waals surface area contributed by atoms with Gasteiger partial charge in [-0.05, 0) is 71.6 Å². The van der Waals surface area contributed by atoms with Gasteiger partial charge in [-0.25, -0.2) is 0 Å². The quantitative estimate of drug-likeness (QED) is 0.704. The number of rotatable bonds is 6. The third-order valence-electron chi connectivity index (χ3n) is 4.05. The van der Waals surface area contributed by atoms with Gasteiger partial charge in [0.2, 0.25) is 0 Å². The number of hydrogen-bond acceptors (Lipinski definition) is 2. The predicted molar refractivity (Wildman–Crippen MR) is 76.4 cm³/mol. The smallest absolute Gasteiger partial charge is 0.00387 e. The summed E-state index contributed by atoms with van der Waals surface area (Å²) in [5, 5.41) is 0. The fourth-order valence-corrected chi connectivity index (χ4v) is 2.56. The van der Waals surface area contributed by atoms with E-state index < -0.39 is 0 Å². The summed E-state index contributed by atoms with van der Waals surface area (Å²) in [7, 11) is 2.25. The van der Waals surface area contributed by atoms with Crippen molar-refractivity contribution in [3.05, 3.63) is 0 Å². The molecule has 1 aliphatic heterocycles. The zero-order chi connectivity index (χ0) is 12.8. The summed E-state index contributed by atoms with van der Waals surface area (Å²) in [6, 6.07) is 0.702. The monoisotopic (exact) mass is 240 g/mol. The molecule has 0 unspecified atom stereocenters. The van der Waals surface area contributed by atoms with Crippen molar-refractivity contribution < 1.29 is 0 Å². The number of nitrogens with zero attached hydrogens (tertiary/aromatic N) is 2. The summed E-state index contributed by atoms with van der Waals surface area (Å²) in [6.45, 7) is 14.5. The molecule has 17 heavy (non-hydrogen) atoms. The van der Waals surface area contributed by atoms with Gasteiger partial charge in [0.05, 0.1) is 0 Å². The molecule has 0 amide bonds. The maximum Gasteiger partial charge on any atom is 0.00387 e. The molecule has 0 atom stereocenters. The Kier molecular flexibility index (Phi) is 6.50. The largest absolute Gasteiger partial charge is 0.306 e. The summed E-state index contributed by atoms with van der Waals surface area (Å²) in [4.78, 5) is 5.15. The van der Waals surface area contributed by atoms with Crippen LogP contribution in [0.15, 0.2) is 0 Å². The van der Waals surface area contributed by atoms with Crippen LogP contribution in [0.5, 0.6) is 0 Å². The van der Waals surface area contributed by atoms with Crippen molar-refractivity contribution in [3.8, 4) is 0 Å². The Bertz CT molecular complexity index is 193. The molecule has 1 saturated heterocycles. The van der Waals surface area contributed by atoms with Crippen molar-refractivity contribution in [3.63, 3.8) is 0 Å². The maximum atomic E-state index is 2.69. The molecule has 1 rings (SSSR count). The molecule has 0 N–H and O–H groups in total. The van der Waals surface area contributed by atoms with Crippen LogP contribution in [0.2, 0.25) is 0 Å². The van der Waals surface area contributed by atoms with Crippen LogP contribution in [0, 0.1) is 11.8 Å². The van der Waals surface area contributed by atoms with Gasteiger partial charge in [0.1, 0.15) is 0 Å². The third kappa shape index (κ3) is 5.87. The lowest BCUT2D eigenvalue weighted by Gasteiger charge is -2.35. The van der Waals surface area contributed by atoms with Crippen molar-refractivity contribution in [2.24, 2.45) is 11.8 Å². The first kappa shape index (κ1) is 15.0. The molecule has 0 saturated carbocycles. The van der Waals surface area contributed by atoms with Crippen LogP contribution in [0.1, 0.15) is 47.0 Å². The fourth-order valence-electron chi connectivity index (χ4n) is 2.56. The molecule has 0 radical (unpaired) electrons. The molecule has 1 aliphatic rings. The van der Waals surface area contributed by atoms with Crippen LogP contribution in [0.25, 0.3) is 0 Å². The van der Waals surface area contributed by atoms with E-state index in [0.717, 1.165) is 11.8 Å². The summed E-state index contributed by atoms with van der Waals surface area (Å²) in [6.07, 6.45) is 4.12. The minimum atomic E-state index is 0.702. The lowest BCUT2D eigenvalue weighted by Crippen LogP contribution is -2.40. The Morgan fingerprint density at radius 2 is 1.71 bits per heavy atom. The average Bonchev–Trinajstić information content (AvgIpc) is 2.26. The zero-order valence-corrected chi connectivity index (χ0v) is 12.6. The van der Waals surface area contributed by atoms with Crippen LogP contribution in [-0.2, 0) is 0 Å². The van der Waals surface area contributed by atoms with E-state index in [0.29, 0.717) is 6.04 Å². The van der Waals surface area contributed by atoms with Gasteiger partial charge >= 0.3 is 0 Å². The highest BCUT2D eigenvalue weighted by Gasteiger charge is 2.20. The molecule has 102 valence electrons. The van der Waals surface area contributed by atoms with Crippen molar-refractivity contribution in [2.75, 3.05) is 33.2 Å². The standard InChI is InChI=1S/C15H32N2/c1-13(2)6-11-17(14(3)4)12-15-7-9-16(5)10-8-15/h13-15H,6-12H2,1-5H3. The topological polar surface area (TPSA) is 6.48 Å². The van der Waals surface area contributed by atoms with E-state index in [2.05, 4.69) is 44.5 Å². The van der Waals surface area contributed by atoms with Crippen molar-refractivity contribution in [1.82, 2.24) is 9.80 Å². The molecule has 2 nitrogen and oxygen atoms in total. The highest BCUT2D eigenvalue weighted by Crippen LogP contribution is 2.19. The van der Waals surface area contributed by atoms with Crippen molar-refractivity contribution in [1.29, 1.82) is 0 Å². The Morgan fingerprint density at radius 1 is 1.12 bits per heavy atom. The Morgan fingerprint density at radius 3 is 2.18 bits per heavy atom. The molecule has 0 aromatic heterocycles. The molecule has 0 aromatic carbocycles. The van der Waals surface area contributed by atoms with E-state index in [4.69, 9.17) is 0 Å². The predicted octanol–water partition coefficient (Wildman–Crippen LogP) is 3.08. The molecule has 1 heterocycles. The van der Waals surface area contributed by atoms with E-state index in [1.807, 2.05) is 0 Å². The van der Waals surface area contributed by atoms with E-state index in [1.165, 1.54) is 45.4 Å². The summed E-state index contributed by atoms with van der Waals surface area (Å²) in [5.41, 5.74) is 0. The lowest BCUT2D eigenvalue weighted by molar-refractivity contribution is 0.134. The van der Waals surface area contributed by atoms with Crippen molar-refractivity contribution >= 4 is 0 Å². The summed E-state index contributed by atoms with van der Waals surface area (Å²) >= 11 is 0. The van der Waals surface area contributed by atoms with Gasteiger partial charge in [-0.2, -0.15) is 0 Å². The van der Waals surface area contributed by atoms with Gasteiger partial charge in [-0.3, -0.25) is 0 Å². The number of likely N-dealkylation sites (tertiary alicyclic amines) is 1. The fraction of sp³-hybridized carbons (Fsp3) is 1.00. The van der Waals surface area contributed by atoms with Gasteiger partial charge in [0.25, 0.3) is 0 Å². The van der Waals surface area contributed by atoms with Gasteiger partial charge in [-0.15, -0.1) is 0 Å². The number of piperidine rings is 1. The zero-order valence-electron chi connectivity index (χ0n) is 12.6. The second-order valence-electron chi connectivity index (χ2n) is 6.52. The van der Waals surface area contributed by atoms with Gasteiger partial charge in [0.15, 0.2) is 0 Å². The Balaban J connectivity index is 2.33. The van der Waals surface area contributed by atoms with Gasteiger partial charge in [0, 0.05) is 12.6 Å². The molecule has 2 heteroatoms. The van der Waals surface area contributed by atoms with E-state index in [-0.39, 0.29) is 0 Å². The minimum absolute atomic E-state index is 0.702. The molecular formula is C15H32N2. The highest BCUT2D eigenvalue weighted by atomic mass is 15.2. The van der Waals surface area contributed by atoms with E-state index in [1.54, 1.807) is 0 Å². The third-order valence-corrected chi connectivity index (χ3v) is 4.05. The lowest BCUT2D eigenvalue weighted by atomic mass is 9.95. The molecule has 0 spiro atoms. The van der Waals surface area contributed by atoms with Crippen LogP contribution in [-0.4, -0.2) is 49.1 Å². The summed E-state index contributed by atoms with van der Waals surface area (Å²) < 4.78 is 0. The van der Waals surface area contributed by atoms with Crippen LogP contribution in [0.4, 0.5) is 0 Å².